The number of rotatable bonds is 8. The number of benzene rings is 2. The van der Waals surface area contributed by atoms with Crippen molar-refractivity contribution in [1.29, 1.82) is 0 Å². The summed E-state index contributed by atoms with van der Waals surface area (Å²) in [6.07, 6.45) is 3.97. The quantitative estimate of drug-likeness (QED) is 0.475. The molecule has 2 amide bonds. The van der Waals surface area contributed by atoms with E-state index in [-0.39, 0.29) is 18.4 Å². The van der Waals surface area contributed by atoms with Gasteiger partial charge in [0.1, 0.15) is 5.75 Å². The molecule has 0 radical (unpaired) electrons. The van der Waals surface area contributed by atoms with E-state index in [9.17, 15) is 9.59 Å². The zero-order valence-electron chi connectivity index (χ0n) is 19.2. The second-order valence-electron chi connectivity index (χ2n) is 7.49. The van der Waals surface area contributed by atoms with Crippen LogP contribution in [-0.4, -0.2) is 44.2 Å². The van der Waals surface area contributed by atoms with Gasteiger partial charge in [0.25, 0.3) is 5.91 Å². The Kier molecular flexibility index (Phi) is 7.12. The average Bonchev–Trinajstić information content (AvgIpc) is 3.32. The van der Waals surface area contributed by atoms with Crippen LogP contribution in [0.4, 0.5) is 10.8 Å². The molecule has 1 aromatic heterocycles. The lowest BCUT2D eigenvalue weighted by molar-refractivity contribution is -0.121. The molecule has 3 aromatic rings. The molecule has 1 N–H and O–H groups in total. The number of aromatic nitrogens is 1. The summed E-state index contributed by atoms with van der Waals surface area (Å²) in [5.74, 6) is 1.54. The molecule has 1 aliphatic heterocycles. The molecule has 8 nitrogen and oxygen atoms in total. The number of methoxy groups -OCH3 is 2. The number of carbonyl (C=O) groups is 2. The monoisotopic (exact) mass is 479 g/mol. The van der Waals surface area contributed by atoms with Gasteiger partial charge in [0, 0.05) is 23.6 Å². The molecule has 9 heteroatoms. The van der Waals surface area contributed by atoms with E-state index < -0.39 is 0 Å². The molecule has 4 rings (SSSR count). The number of nitrogens with zero attached hydrogens (tertiary/aromatic N) is 2. The lowest BCUT2D eigenvalue weighted by Crippen LogP contribution is -2.39. The highest BCUT2D eigenvalue weighted by Gasteiger charge is 2.25. The molecule has 1 aliphatic rings. The normalized spacial score (nSPS) is 12.9. The minimum atomic E-state index is -0.297. The van der Waals surface area contributed by atoms with Gasteiger partial charge in [-0.1, -0.05) is 13.0 Å². The molecule has 0 spiro atoms. The van der Waals surface area contributed by atoms with Crippen molar-refractivity contribution in [2.24, 2.45) is 0 Å². The Bertz CT molecular complexity index is 1240. The van der Waals surface area contributed by atoms with Crippen LogP contribution in [0.25, 0.3) is 17.3 Å². The van der Waals surface area contributed by atoms with Crippen LogP contribution in [-0.2, 0) is 9.59 Å². The number of nitrogens with one attached hydrogen (secondary N) is 1. The minimum absolute atomic E-state index is 0.0516. The van der Waals surface area contributed by atoms with Gasteiger partial charge in [0.05, 0.1) is 25.6 Å². The topological polar surface area (TPSA) is 90.0 Å². The van der Waals surface area contributed by atoms with Crippen molar-refractivity contribution in [2.75, 3.05) is 37.6 Å². The lowest BCUT2D eigenvalue weighted by atomic mass is 10.1. The van der Waals surface area contributed by atoms with Crippen LogP contribution in [0, 0.1) is 0 Å². The Morgan fingerprint density at radius 1 is 1.21 bits per heavy atom. The third-order valence-corrected chi connectivity index (χ3v) is 5.97. The number of amides is 2. The molecule has 34 heavy (non-hydrogen) atoms. The van der Waals surface area contributed by atoms with Crippen molar-refractivity contribution in [2.45, 2.75) is 13.3 Å². The molecule has 176 valence electrons. The standard InChI is InChI=1S/C25H25N3O5S/c1-4-11-28-19-13-17(7-9-20(19)33-14-24(28)30)18-15-34-25(26-18)27-23(29)10-6-16-5-8-21(31-2)22(12-16)32-3/h5-10,12-13,15H,4,11,14H2,1-3H3,(H,26,27,29)/b10-6+. The maximum Gasteiger partial charge on any atom is 0.265 e. The predicted molar refractivity (Wildman–Crippen MR) is 133 cm³/mol. The van der Waals surface area contributed by atoms with Crippen LogP contribution in [0.3, 0.4) is 0 Å². The van der Waals surface area contributed by atoms with E-state index in [1.807, 2.05) is 36.6 Å². The van der Waals surface area contributed by atoms with E-state index in [0.717, 1.165) is 23.2 Å². The Morgan fingerprint density at radius 2 is 2.03 bits per heavy atom. The van der Waals surface area contributed by atoms with E-state index in [4.69, 9.17) is 14.2 Å². The van der Waals surface area contributed by atoms with E-state index >= 15 is 0 Å². The zero-order valence-corrected chi connectivity index (χ0v) is 20.0. The third-order valence-electron chi connectivity index (χ3n) is 5.21. The molecule has 0 saturated heterocycles. The molecule has 2 heterocycles. The van der Waals surface area contributed by atoms with Gasteiger partial charge >= 0.3 is 0 Å². The summed E-state index contributed by atoms with van der Waals surface area (Å²) < 4.78 is 16.1. The fraction of sp³-hybridized carbons (Fsp3) is 0.240. The highest BCUT2D eigenvalue weighted by molar-refractivity contribution is 7.14. The van der Waals surface area contributed by atoms with Crippen LogP contribution < -0.4 is 24.4 Å². The second kappa shape index (κ2) is 10.4. The molecule has 0 atom stereocenters. The summed E-state index contributed by atoms with van der Waals surface area (Å²) in [4.78, 5) is 31.0. The van der Waals surface area contributed by atoms with Crippen molar-refractivity contribution in [3.05, 3.63) is 53.4 Å². The summed E-state index contributed by atoms with van der Waals surface area (Å²) in [5, 5.41) is 5.13. The third kappa shape index (κ3) is 5.04. The first-order valence-electron chi connectivity index (χ1n) is 10.8. The van der Waals surface area contributed by atoms with Gasteiger partial charge in [-0.05, 0) is 48.4 Å². The molecule has 0 fully saturated rings. The Morgan fingerprint density at radius 3 is 2.79 bits per heavy atom. The van der Waals surface area contributed by atoms with Crippen molar-refractivity contribution in [3.8, 4) is 28.5 Å². The Balaban J connectivity index is 1.46. The summed E-state index contributed by atoms with van der Waals surface area (Å²) in [7, 11) is 3.13. The van der Waals surface area contributed by atoms with Crippen LogP contribution >= 0.6 is 11.3 Å². The molecular weight excluding hydrogens is 454 g/mol. The average molecular weight is 480 g/mol. The van der Waals surface area contributed by atoms with Gasteiger partial charge < -0.3 is 19.1 Å². The van der Waals surface area contributed by atoms with Crippen molar-refractivity contribution < 1.29 is 23.8 Å². The second-order valence-corrected chi connectivity index (χ2v) is 8.35. The van der Waals surface area contributed by atoms with Gasteiger partial charge in [0.15, 0.2) is 23.2 Å². The molecule has 0 bridgehead atoms. The van der Waals surface area contributed by atoms with E-state index in [1.165, 1.54) is 17.4 Å². The smallest absolute Gasteiger partial charge is 0.265 e. The Labute approximate surface area is 201 Å². The van der Waals surface area contributed by atoms with Gasteiger partial charge in [-0.15, -0.1) is 11.3 Å². The largest absolute Gasteiger partial charge is 0.493 e. The first kappa shape index (κ1) is 23.3. The first-order chi connectivity index (χ1) is 16.5. The summed E-state index contributed by atoms with van der Waals surface area (Å²) in [6, 6.07) is 11.1. The SMILES string of the molecule is CCCN1C(=O)COc2ccc(-c3csc(NC(=O)/C=C/c4ccc(OC)c(OC)c4)n3)cc21. The van der Waals surface area contributed by atoms with Crippen LogP contribution in [0.5, 0.6) is 17.2 Å². The van der Waals surface area contributed by atoms with E-state index in [2.05, 4.69) is 10.3 Å². The van der Waals surface area contributed by atoms with E-state index in [1.54, 1.807) is 37.3 Å². The van der Waals surface area contributed by atoms with Crippen molar-refractivity contribution in [3.63, 3.8) is 0 Å². The first-order valence-corrected chi connectivity index (χ1v) is 11.6. The molecule has 0 saturated carbocycles. The predicted octanol–water partition coefficient (Wildman–Crippen LogP) is 4.61. The number of thiazole rings is 1. The summed E-state index contributed by atoms with van der Waals surface area (Å²) in [5.41, 5.74) is 3.10. The fourth-order valence-electron chi connectivity index (χ4n) is 3.57. The van der Waals surface area contributed by atoms with Gasteiger partial charge in [-0.2, -0.15) is 0 Å². The molecule has 0 aliphatic carbocycles. The van der Waals surface area contributed by atoms with Crippen LogP contribution in [0.1, 0.15) is 18.9 Å². The highest BCUT2D eigenvalue weighted by Crippen LogP contribution is 2.37. The molecule has 2 aromatic carbocycles. The van der Waals surface area contributed by atoms with E-state index in [0.29, 0.717) is 34.6 Å². The molecular formula is C25H25N3O5S. The lowest BCUT2D eigenvalue weighted by Gasteiger charge is -2.29. The zero-order chi connectivity index (χ0) is 24.1. The minimum Gasteiger partial charge on any atom is -0.493 e. The van der Waals surface area contributed by atoms with Gasteiger partial charge in [0.2, 0.25) is 5.91 Å². The number of carbonyl (C=O) groups excluding carboxylic acids is 2. The van der Waals surface area contributed by atoms with Crippen LogP contribution in [0.2, 0.25) is 0 Å². The van der Waals surface area contributed by atoms with Crippen LogP contribution in [0.15, 0.2) is 47.9 Å². The number of fused-ring (bicyclic) bond motifs is 1. The number of ether oxygens (including phenoxy) is 3. The fourth-order valence-corrected chi connectivity index (χ4v) is 4.29. The maximum atomic E-state index is 12.4. The number of hydrogen-bond acceptors (Lipinski definition) is 7. The van der Waals surface area contributed by atoms with Crippen molar-refractivity contribution >= 4 is 40.0 Å². The maximum absolute atomic E-state index is 12.4. The van der Waals surface area contributed by atoms with Crippen molar-refractivity contribution in [1.82, 2.24) is 4.98 Å². The van der Waals surface area contributed by atoms with Gasteiger partial charge in [-0.25, -0.2) is 4.98 Å². The summed E-state index contributed by atoms with van der Waals surface area (Å²) in [6.45, 7) is 2.71. The highest BCUT2D eigenvalue weighted by atomic mass is 32.1. The number of hydrogen-bond donors (Lipinski definition) is 1. The Hall–Kier alpha value is -3.85. The van der Waals surface area contributed by atoms with Gasteiger partial charge in [-0.3, -0.25) is 14.9 Å². The number of anilines is 2. The molecule has 0 unspecified atom stereocenters. The summed E-state index contributed by atoms with van der Waals surface area (Å²) >= 11 is 1.33.